The van der Waals surface area contributed by atoms with E-state index in [2.05, 4.69) is 20.3 Å². The molecule has 3 rings (SSSR count). The summed E-state index contributed by atoms with van der Waals surface area (Å²) >= 11 is 1.57. The molecule has 0 spiro atoms. The van der Waals surface area contributed by atoms with Crippen molar-refractivity contribution in [1.29, 1.82) is 0 Å². The van der Waals surface area contributed by atoms with Crippen molar-refractivity contribution < 1.29 is 4.79 Å². The van der Waals surface area contributed by atoms with Gasteiger partial charge in [0.05, 0.1) is 5.69 Å². The van der Waals surface area contributed by atoms with Gasteiger partial charge in [-0.3, -0.25) is 10.1 Å². The van der Waals surface area contributed by atoms with E-state index in [1.54, 1.807) is 11.3 Å². The van der Waals surface area contributed by atoms with Gasteiger partial charge in [0.15, 0.2) is 5.13 Å². The molecule has 0 atom stereocenters. The van der Waals surface area contributed by atoms with Crippen molar-refractivity contribution in [2.45, 2.75) is 39.5 Å². The van der Waals surface area contributed by atoms with Crippen LogP contribution in [0, 0.1) is 13.8 Å². The van der Waals surface area contributed by atoms with Crippen LogP contribution in [0.2, 0.25) is 0 Å². The first-order valence-corrected chi connectivity index (χ1v) is 7.55. The number of aromatic nitrogens is 3. The van der Waals surface area contributed by atoms with Gasteiger partial charge in [-0.25, -0.2) is 15.0 Å². The third-order valence-corrected chi connectivity index (χ3v) is 4.32. The molecule has 2 aromatic heterocycles. The molecule has 1 aliphatic rings. The maximum Gasteiger partial charge on any atom is 0.295 e. The summed E-state index contributed by atoms with van der Waals surface area (Å²) in [6.07, 6.45) is 4.48. The summed E-state index contributed by atoms with van der Waals surface area (Å²) in [4.78, 5) is 26.3. The predicted molar refractivity (Wildman–Crippen MR) is 78.2 cm³/mol. The van der Waals surface area contributed by atoms with Crippen LogP contribution in [0.1, 0.15) is 45.4 Å². The number of carbonyl (C=O) groups is 1. The molecule has 1 N–H and O–H groups in total. The summed E-state index contributed by atoms with van der Waals surface area (Å²) in [7, 11) is 0. The number of rotatable bonds is 2. The molecule has 0 fully saturated rings. The van der Waals surface area contributed by atoms with Gasteiger partial charge >= 0.3 is 0 Å². The summed E-state index contributed by atoms with van der Waals surface area (Å²) in [6, 6.07) is 1.85. The fourth-order valence-electron chi connectivity index (χ4n) is 2.39. The maximum atomic E-state index is 12.2. The monoisotopic (exact) mass is 288 g/mol. The molecule has 20 heavy (non-hydrogen) atoms. The number of thiazole rings is 1. The molecule has 0 aromatic carbocycles. The van der Waals surface area contributed by atoms with Crippen molar-refractivity contribution in [3.8, 4) is 0 Å². The zero-order valence-corrected chi connectivity index (χ0v) is 12.4. The molecule has 0 saturated heterocycles. The van der Waals surface area contributed by atoms with Crippen LogP contribution in [-0.2, 0) is 12.8 Å². The zero-order chi connectivity index (χ0) is 14.1. The highest BCUT2D eigenvalue weighted by Gasteiger charge is 2.18. The number of amides is 1. The largest absolute Gasteiger partial charge is 0.295 e. The second-order valence-electron chi connectivity index (χ2n) is 5.02. The number of hydrogen-bond acceptors (Lipinski definition) is 5. The van der Waals surface area contributed by atoms with E-state index in [-0.39, 0.29) is 11.7 Å². The molecule has 0 unspecified atom stereocenters. The fourth-order valence-corrected chi connectivity index (χ4v) is 3.43. The Morgan fingerprint density at radius 2 is 1.85 bits per heavy atom. The Hall–Kier alpha value is -1.82. The van der Waals surface area contributed by atoms with Crippen molar-refractivity contribution in [3.05, 3.63) is 33.8 Å². The van der Waals surface area contributed by atoms with Gasteiger partial charge < -0.3 is 0 Å². The van der Waals surface area contributed by atoms with Gasteiger partial charge in [-0.2, -0.15) is 0 Å². The molecule has 2 aromatic rings. The second-order valence-corrected chi connectivity index (χ2v) is 6.11. The van der Waals surface area contributed by atoms with E-state index in [1.807, 2.05) is 19.9 Å². The third kappa shape index (κ3) is 2.70. The third-order valence-electron chi connectivity index (χ3n) is 3.25. The van der Waals surface area contributed by atoms with Gasteiger partial charge in [-0.1, -0.05) is 0 Å². The molecule has 104 valence electrons. The first kappa shape index (κ1) is 13.2. The Balaban J connectivity index is 1.80. The van der Waals surface area contributed by atoms with Gasteiger partial charge in [0.25, 0.3) is 5.91 Å². The van der Waals surface area contributed by atoms with Crippen LogP contribution in [-0.4, -0.2) is 20.9 Å². The zero-order valence-electron chi connectivity index (χ0n) is 11.6. The Bertz CT molecular complexity index is 621. The highest BCUT2D eigenvalue weighted by Crippen LogP contribution is 2.29. The quantitative estimate of drug-likeness (QED) is 0.922. The average molecular weight is 288 g/mol. The van der Waals surface area contributed by atoms with Crippen LogP contribution in [0.4, 0.5) is 5.13 Å². The lowest BCUT2D eigenvalue weighted by atomic mass is 10.0. The maximum absolute atomic E-state index is 12.2. The van der Waals surface area contributed by atoms with E-state index >= 15 is 0 Å². The molecular weight excluding hydrogens is 272 g/mol. The molecular formula is C14H16N4OS. The summed E-state index contributed by atoms with van der Waals surface area (Å²) in [6.45, 7) is 3.71. The van der Waals surface area contributed by atoms with Crippen LogP contribution < -0.4 is 5.32 Å². The first-order valence-electron chi connectivity index (χ1n) is 6.74. The Morgan fingerprint density at radius 3 is 2.55 bits per heavy atom. The van der Waals surface area contributed by atoms with E-state index in [1.165, 1.54) is 17.7 Å². The Kier molecular flexibility index (Phi) is 3.48. The van der Waals surface area contributed by atoms with Gasteiger partial charge in [0.1, 0.15) is 0 Å². The van der Waals surface area contributed by atoms with E-state index < -0.39 is 0 Å². The average Bonchev–Trinajstić information content (AvgIpc) is 2.79. The SMILES string of the molecule is Cc1cc(C)nc(C(=O)Nc2nc3c(s2)CCCC3)n1. The molecule has 1 aliphatic carbocycles. The predicted octanol–water partition coefficient (Wildman–Crippen LogP) is 2.68. The summed E-state index contributed by atoms with van der Waals surface area (Å²) in [5.41, 5.74) is 2.72. The van der Waals surface area contributed by atoms with Crippen molar-refractivity contribution in [2.75, 3.05) is 5.32 Å². The second kappa shape index (κ2) is 5.28. The van der Waals surface area contributed by atoms with E-state index in [9.17, 15) is 4.79 Å². The number of fused-ring (bicyclic) bond motifs is 1. The lowest BCUT2D eigenvalue weighted by Crippen LogP contribution is -2.16. The highest BCUT2D eigenvalue weighted by molar-refractivity contribution is 7.15. The van der Waals surface area contributed by atoms with E-state index in [0.29, 0.717) is 5.13 Å². The lowest BCUT2D eigenvalue weighted by molar-refractivity contribution is 0.101. The van der Waals surface area contributed by atoms with Gasteiger partial charge in [-0.05, 0) is 45.6 Å². The topological polar surface area (TPSA) is 67.8 Å². The fraction of sp³-hybridized carbons (Fsp3) is 0.429. The van der Waals surface area contributed by atoms with Gasteiger partial charge in [0.2, 0.25) is 5.82 Å². The van der Waals surface area contributed by atoms with E-state index in [0.717, 1.165) is 29.9 Å². The molecule has 1 amide bonds. The van der Waals surface area contributed by atoms with Gasteiger partial charge in [0, 0.05) is 16.3 Å². The normalized spacial score (nSPS) is 13.9. The summed E-state index contributed by atoms with van der Waals surface area (Å²) < 4.78 is 0. The van der Waals surface area contributed by atoms with Gasteiger partial charge in [-0.15, -0.1) is 11.3 Å². The number of nitrogens with zero attached hydrogens (tertiary/aromatic N) is 3. The van der Waals surface area contributed by atoms with Crippen LogP contribution in [0.25, 0.3) is 0 Å². The smallest absolute Gasteiger partial charge is 0.295 e. The van der Waals surface area contributed by atoms with Crippen molar-refractivity contribution >= 4 is 22.4 Å². The molecule has 2 heterocycles. The first-order chi connectivity index (χ1) is 9.61. The number of anilines is 1. The molecule has 0 aliphatic heterocycles. The van der Waals surface area contributed by atoms with Crippen molar-refractivity contribution in [3.63, 3.8) is 0 Å². The Morgan fingerprint density at radius 1 is 1.15 bits per heavy atom. The van der Waals surface area contributed by atoms with Crippen LogP contribution in [0.3, 0.4) is 0 Å². The van der Waals surface area contributed by atoms with Crippen LogP contribution >= 0.6 is 11.3 Å². The van der Waals surface area contributed by atoms with Crippen LogP contribution in [0.15, 0.2) is 6.07 Å². The minimum Gasteiger partial charge on any atom is -0.295 e. The minimum atomic E-state index is -0.289. The summed E-state index contributed by atoms with van der Waals surface area (Å²) in [5.74, 6) is -0.0847. The molecule has 0 saturated carbocycles. The number of carbonyl (C=O) groups excluding carboxylic acids is 1. The number of hydrogen-bond donors (Lipinski definition) is 1. The molecule has 6 heteroatoms. The lowest BCUT2D eigenvalue weighted by Gasteiger charge is -2.06. The van der Waals surface area contributed by atoms with Crippen molar-refractivity contribution in [1.82, 2.24) is 15.0 Å². The number of aryl methyl sites for hydroxylation is 4. The number of nitrogens with one attached hydrogen (secondary N) is 1. The van der Waals surface area contributed by atoms with Crippen LogP contribution in [0.5, 0.6) is 0 Å². The highest BCUT2D eigenvalue weighted by atomic mass is 32.1. The molecule has 0 radical (unpaired) electrons. The summed E-state index contributed by atoms with van der Waals surface area (Å²) in [5, 5.41) is 3.47. The van der Waals surface area contributed by atoms with Crippen molar-refractivity contribution in [2.24, 2.45) is 0 Å². The van der Waals surface area contributed by atoms with E-state index in [4.69, 9.17) is 0 Å². The Labute approximate surface area is 121 Å². The standard InChI is InChI=1S/C14H16N4OS/c1-8-7-9(2)16-12(15-8)13(19)18-14-17-10-5-3-4-6-11(10)20-14/h7H,3-6H2,1-2H3,(H,17,18,19). The minimum absolute atomic E-state index is 0.204. The molecule has 5 nitrogen and oxygen atoms in total. The molecule has 0 bridgehead atoms.